The minimum Gasteiger partial charge on any atom is -0.353 e. The standard InChI is InChI=1S/C16H18N2OS/c1-3-10-17-15(19)9-8-13-11-20-16(18-13)14-7-5-4-6-12(14)2/h3-7,11H,1,8-10H2,2H3,(H,17,19). The van der Waals surface area contributed by atoms with Gasteiger partial charge in [-0.2, -0.15) is 0 Å². The predicted molar refractivity (Wildman–Crippen MR) is 83.8 cm³/mol. The van der Waals surface area contributed by atoms with Crippen LogP contribution in [0.15, 0.2) is 42.3 Å². The molecule has 0 radical (unpaired) electrons. The number of carbonyl (C=O) groups is 1. The van der Waals surface area contributed by atoms with Crippen LogP contribution >= 0.6 is 11.3 Å². The van der Waals surface area contributed by atoms with Gasteiger partial charge >= 0.3 is 0 Å². The largest absolute Gasteiger partial charge is 0.353 e. The van der Waals surface area contributed by atoms with Crippen molar-refractivity contribution in [3.8, 4) is 10.6 Å². The van der Waals surface area contributed by atoms with E-state index >= 15 is 0 Å². The van der Waals surface area contributed by atoms with E-state index in [1.54, 1.807) is 17.4 Å². The number of rotatable bonds is 6. The van der Waals surface area contributed by atoms with Gasteiger partial charge in [-0.3, -0.25) is 4.79 Å². The summed E-state index contributed by atoms with van der Waals surface area (Å²) in [7, 11) is 0. The van der Waals surface area contributed by atoms with Crippen molar-refractivity contribution >= 4 is 17.2 Å². The molecule has 1 aromatic carbocycles. The van der Waals surface area contributed by atoms with Crippen LogP contribution in [0.1, 0.15) is 17.7 Å². The molecule has 0 saturated carbocycles. The highest BCUT2D eigenvalue weighted by molar-refractivity contribution is 7.13. The third-order valence-electron chi connectivity index (χ3n) is 2.98. The smallest absolute Gasteiger partial charge is 0.220 e. The van der Waals surface area contributed by atoms with Gasteiger partial charge in [-0.15, -0.1) is 17.9 Å². The normalized spacial score (nSPS) is 10.2. The van der Waals surface area contributed by atoms with Crippen LogP contribution in [0, 0.1) is 6.92 Å². The first-order chi connectivity index (χ1) is 9.70. The molecule has 104 valence electrons. The highest BCUT2D eigenvalue weighted by Gasteiger charge is 2.08. The fourth-order valence-electron chi connectivity index (χ4n) is 1.87. The second-order valence-corrected chi connectivity index (χ2v) is 5.41. The lowest BCUT2D eigenvalue weighted by molar-refractivity contribution is -0.120. The molecule has 4 heteroatoms. The Morgan fingerprint density at radius 1 is 1.45 bits per heavy atom. The Morgan fingerprint density at radius 3 is 3.00 bits per heavy atom. The van der Waals surface area contributed by atoms with E-state index in [1.807, 2.05) is 17.5 Å². The van der Waals surface area contributed by atoms with E-state index in [0.29, 0.717) is 19.4 Å². The Hall–Kier alpha value is -1.94. The number of hydrogen-bond acceptors (Lipinski definition) is 3. The van der Waals surface area contributed by atoms with Crippen molar-refractivity contribution in [2.45, 2.75) is 19.8 Å². The van der Waals surface area contributed by atoms with Crippen LogP contribution in [-0.4, -0.2) is 17.4 Å². The van der Waals surface area contributed by atoms with Gasteiger partial charge in [-0.25, -0.2) is 4.98 Å². The first-order valence-electron chi connectivity index (χ1n) is 6.58. The Balaban J connectivity index is 1.98. The summed E-state index contributed by atoms with van der Waals surface area (Å²) < 4.78 is 0. The van der Waals surface area contributed by atoms with Crippen molar-refractivity contribution < 1.29 is 4.79 Å². The van der Waals surface area contributed by atoms with E-state index in [4.69, 9.17) is 0 Å². The van der Waals surface area contributed by atoms with E-state index in [-0.39, 0.29) is 5.91 Å². The number of benzene rings is 1. The summed E-state index contributed by atoms with van der Waals surface area (Å²) in [6, 6.07) is 8.21. The Kier molecular flexibility index (Phi) is 5.07. The summed E-state index contributed by atoms with van der Waals surface area (Å²) in [5, 5.41) is 5.82. The van der Waals surface area contributed by atoms with E-state index in [1.165, 1.54) is 11.1 Å². The summed E-state index contributed by atoms with van der Waals surface area (Å²) in [6.45, 7) is 6.17. The number of nitrogens with one attached hydrogen (secondary N) is 1. The average Bonchev–Trinajstić information content (AvgIpc) is 2.92. The molecule has 1 aromatic heterocycles. The van der Waals surface area contributed by atoms with Gasteiger partial charge in [0.15, 0.2) is 0 Å². The zero-order chi connectivity index (χ0) is 14.4. The van der Waals surface area contributed by atoms with Crippen LogP contribution < -0.4 is 5.32 Å². The van der Waals surface area contributed by atoms with Crippen molar-refractivity contribution in [1.82, 2.24) is 10.3 Å². The Morgan fingerprint density at radius 2 is 2.25 bits per heavy atom. The number of carbonyl (C=O) groups excluding carboxylic acids is 1. The second kappa shape index (κ2) is 7.01. The molecule has 0 aliphatic carbocycles. The number of thiazole rings is 1. The fraction of sp³-hybridized carbons (Fsp3) is 0.250. The van der Waals surface area contributed by atoms with Crippen molar-refractivity contribution in [2.24, 2.45) is 0 Å². The zero-order valence-electron chi connectivity index (χ0n) is 11.6. The maximum absolute atomic E-state index is 11.5. The lowest BCUT2D eigenvalue weighted by Crippen LogP contribution is -2.23. The summed E-state index contributed by atoms with van der Waals surface area (Å²) in [5.41, 5.74) is 3.36. The summed E-state index contributed by atoms with van der Waals surface area (Å²) in [6.07, 6.45) is 2.81. The number of aromatic nitrogens is 1. The predicted octanol–water partition coefficient (Wildman–Crippen LogP) is 3.35. The molecule has 1 amide bonds. The molecule has 0 aliphatic rings. The molecule has 0 saturated heterocycles. The zero-order valence-corrected chi connectivity index (χ0v) is 12.4. The van der Waals surface area contributed by atoms with Gasteiger partial charge in [-0.05, 0) is 18.9 Å². The van der Waals surface area contributed by atoms with Crippen LogP contribution in [-0.2, 0) is 11.2 Å². The van der Waals surface area contributed by atoms with Crippen LogP contribution in [0.3, 0.4) is 0 Å². The molecule has 0 fully saturated rings. The molecule has 1 heterocycles. The van der Waals surface area contributed by atoms with Crippen LogP contribution in [0.2, 0.25) is 0 Å². The van der Waals surface area contributed by atoms with E-state index in [0.717, 1.165) is 10.7 Å². The Bertz CT molecular complexity index is 604. The summed E-state index contributed by atoms with van der Waals surface area (Å²) >= 11 is 1.63. The first kappa shape index (κ1) is 14.5. The lowest BCUT2D eigenvalue weighted by atomic mass is 10.1. The van der Waals surface area contributed by atoms with Crippen LogP contribution in [0.4, 0.5) is 0 Å². The third kappa shape index (κ3) is 3.78. The molecule has 0 bridgehead atoms. The second-order valence-electron chi connectivity index (χ2n) is 4.55. The fourth-order valence-corrected chi connectivity index (χ4v) is 2.82. The molecule has 0 atom stereocenters. The topological polar surface area (TPSA) is 42.0 Å². The van der Waals surface area contributed by atoms with E-state index < -0.39 is 0 Å². The first-order valence-corrected chi connectivity index (χ1v) is 7.46. The highest BCUT2D eigenvalue weighted by atomic mass is 32.1. The lowest BCUT2D eigenvalue weighted by Gasteiger charge is -2.01. The van der Waals surface area contributed by atoms with Gasteiger partial charge in [-0.1, -0.05) is 30.3 Å². The quantitative estimate of drug-likeness (QED) is 0.827. The van der Waals surface area contributed by atoms with Gasteiger partial charge < -0.3 is 5.32 Å². The summed E-state index contributed by atoms with van der Waals surface area (Å²) in [4.78, 5) is 16.1. The van der Waals surface area contributed by atoms with E-state index in [2.05, 4.69) is 35.9 Å². The molecule has 0 unspecified atom stereocenters. The van der Waals surface area contributed by atoms with Gasteiger partial charge in [0.1, 0.15) is 5.01 Å². The van der Waals surface area contributed by atoms with Crippen molar-refractivity contribution in [3.63, 3.8) is 0 Å². The molecule has 0 spiro atoms. The number of amides is 1. The number of nitrogens with zero attached hydrogens (tertiary/aromatic N) is 1. The molecule has 3 nitrogen and oxygen atoms in total. The minimum absolute atomic E-state index is 0.0374. The number of aryl methyl sites for hydroxylation is 2. The molecular formula is C16H18N2OS. The molecule has 20 heavy (non-hydrogen) atoms. The third-order valence-corrected chi connectivity index (χ3v) is 3.90. The van der Waals surface area contributed by atoms with Crippen LogP contribution in [0.5, 0.6) is 0 Å². The van der Waals surface area contributed by atoms with Gasteiger partial charge in [0.25, 0.3) is 0 Å². The monoisotopic (exact) mass is 286 g/mol. The summed E-state index contributed by atoms with van der Waals surface area (Å²) in [5.74, 6) is 0.0374. The van der Waals surface area contributed by atoms with Gasteiger partial charge in [0, 0.05) is 23.9 Å². The molecule has 2 aromatic rings. The number of hydrogen-bond donors (Lipinski definition) is 1. The maximum atomic E-state index is 11.5. The van der Waals surface area contributed by atoms with Gasteiger partial charge in [0.2, 0.25) is 5.91 Å². The highest BCUT2D eigenvalue weighted by Crippen LogP contribution is 2.26. The maximum Gasteiger partial charge on any atom is 0.220 e. The Labute approximate surface area is 123 Å². The van der Waals surface area contributed by atoms with Crippen molar-refractivity contribution in [1.29, 1.82) is 0 Å². The van der Waals surface area contributed by atoms with Crippen LogP contribution in [0.25, 0.3) is 10.6 Å². The minimum atomic E-state index is 0.0374. The SMILES string of the molecule is C=CCNC(=O)CCc1csc(-c2ccccc2C)n1. The average molecular weight is 286 g/mol. The molecular weight excluding hydrogens is 268 g/mol. The van der Waals surface area contributed by atoms with Gasteiger partial charge in [0.05, 0.1) is 5.69 Å². The molecule has 2 rings (SSSR count). The van der Waals surface area contributed by atoms with E-state index in [9.17, 15) is 4.79 Å². The van der Waals surface area contributed by atoms with Crippen molar-refractivity contribution in [3.05, 3.63) is 53.6 Å². The van der Waals surface area contributed by atoms with Crippen molar-refractivity contribution in [2.75, 3.05) is 6.54 Å². The molecule has 1 N–H and O–H groups in total. The molecule has 0 aliphatic heterocycles.